The molecule has 0 spiro atoms. The molecular formula is C28H41N3O6. The molecule has 0 radical (unpaired) electrons. The summed E-state index contributed by atoms with van der Waals surface area (Å²) in [5, 5.41) is 18.7. The van der Waals surface area contributed by atoms with E-state index in [0.717, 1.165) is 38.4 Å². The molecule has 1 atom stereocenters. The molecule has 9 heteroatoms. The summed E-state index contributed by atoms with van der Waals surface area (Å²) in [5.74, 6) is -1.35. The number of hydrogen-bond acceptors (Lipinski definition) is 6. The van der Waals surface area contributed by atoms with Crippen LogP contribution in [0.3, 0.4) is 0 Å². The van der Waals surface area contributed by atoms with E-state index in [1.165, 1.54) is 24.8 Å². The van der Waals surface area contributed by atoms with Gasteiger partial charge in [0.05, 0.1) is 18.4 Å². The van der Waals surface area contributed by atoms with Crippen LogP contribution in [-0.4, -0.2) is 94.9 Å². The number of rotatable bonds is 12. The first-order valence-corrected chi connectivity index (χ1v) is 13.7. The van der Waals surface area contributed by atoms with Gasteiger partial charge in [0.25, 0.3) is 0 Å². The van der Waals surface area contributed by atoms with Crippen LogP contribution in [0, 0.1) is 11.3 Å². The molecular weight excluding hydrogens is 474 g/mol. The maximum Gasteiger partial charge on any atom is 0.410 e. The number of carboxylic acids is 2. The molecule has 37 heavy (non-hydrogen) atoms. The van der Waals surface area contributed by atoms with Gasteiger partial charge in [-0.1, -0.05) is 43.2 Å². The maximum absolute atomic E-state index is 12.4. The maximum atomic E-state index is 12.4. The third-order valence-corrected chi connectivity index (χ3v) is 8.41. The molecule has 3 saturated heterocycles. The minimum Gasteiger partial charge on any atom is -0.481 e. The van der Waals surface area contributed by atoms with Gasteiger partial charge in [0, 0.05) is 19.6 Å². The van der Waals surface area contributed by atoms with E-state index in [1.807, 2.05) is 0 Å². The first kappa shape index (κ1) is 27.4. The lowest BCUT2D eigenvalue weighted by molar-refractivity contribution is -0.159. The molecule has 3 aliphatic heterocycles. The molecule has 1 aromatic rings. The lowest BCUT2D eigenvalue weighted by atomic mass is 9.75. The average Bonchev–Trinajstić information content (AvgIpc) is 3.23. The van der Waals surface area contributed by atoms with E-state index >= 15 is 0 Å². The van der Waals surface area contributed by atoms with Crippen LogP contribution in [0.1, 0.15) is 56.9 Å². The Morgan fingerprint density at radius 1 is 0.973 bits per heavy atom. The molecule has 0 saturated carbocycles. The van der Waals surface area contributed by atoms with Crippen LogP contribution in [-0.2, 0) is 20.9 Å². The number of carbonyl (C=O) groups is 3. The molecule has 0 aromatic heterocycles. The smallest absolute Gasteiger partial charge is 0.410 e. The minimum atomic E-state index is -1.20. The van der Waals surface area contributed by atoms with Crippen molar-refractivity contribution in [1.29, 1.82) is 0 Å². The fourth-order valence-electron chi connectivity index (χ4n) is 6.07. The van der Waals surface area contributed by atoms with Gasteiger partial charge in [-0.25, -0.2) is 4.79 Å². The minimum absolute atomic E-state index is 0.224. The number of amides is 1. The topological polar surface area (TPSA) is 111 Å². The molecule has 3 aliphatic rings. The molecule has 204 valence electrons. The summed E-state index contributed by atoms with van der Waals surface area (Å²) in [5.41, 5.74) is 0.183. The average molecular weight is 516 g/mol. The van der Waals surface area contributed by atoms with Gasteiger partial charge in [0.2, 0.25) is 0 Å². The van der Waals surface area contributed by atoms with E-state index in [9.17, 15) is 19.5 Å². The Morgan fingerprint density at radius 3 is 2.32 bits per heavy atom. The van der Waals surface area contributed by atoms with Crippen molar-refractivity contribution in [2.24, 2.45) is 11.3 Å². The normalized spacial score (nSPS) is 23.2. The standard InChI is InChI=1S/C28H41N3O6/c32-25(33)18-28(26(34)35)11-16-30(17-12-28)20-24-21-31(27(36)37-24)13-5-4-6-22-9-14-29(15-10-22)19-23-7-2-1-3-8-23/h1-3,7-8,22,24H,4-6,9-21H2,(H,32,33)(H,34,35). The molecule has 9 nitrogen and oxygen atoms in total. The summed E-state index contributed by atoms with van der Waals surface area (Å²) >= 11 is 0. The van der Waals surface area contributed by atoms with E-state index in [4.69, 9.17) is 9.84 Å². The summed E-state index contributed by atoms with van der Waals surface area (Å²) in [7, 11) is 0. The number of benzene rings is 1. The van der Waals surface area contributed by atoms with Crippen molar-refractivity contribution in [3.63, 3.8) is 0 Å². The number of aliphatic carboxylic acids is 2. The van der Waals surface area contributed by atoms with Crippen LogP contribution in [0.2, 0.25) is 0 Å². The number of likely N-dealkylation sites (tertiary alicyclic amines) is 2. The van der Waals surface area contributed by atoms with E-state index in [0.29, 0.717) is 45.6 Å². The highest BCUT2D eigenvalue weighted by Gasteiger charge is 2.44. The SMILES string of the molecule is O=C(O)CC1(C(=O)O)CCN(CC2CN(CCCCC3CCN(Cc4ccccc4)CC3)C(=O)O2)CC1. The number of piperidine rings is 2. The van der Waals surface area contributed by atoms with Gasteiger partial charge < -0.3 is 19.8 Å². The van der Waals surface area contributed by atoms with Crippen LogP contribution in [0.25, 0.3) is 0 Å². The van der Waals surface area contributed by atoms with Gasteiger partial charge in [0.15, 0.2) is 0 Å². The third kappa shape index (κ3) is 7.68. The number of carbonyl (C=O) groups excluding carboxylic acids is 1. The third-order valence-electron chi connectivity index (χ3n) is 8.41. The Morgan fingerprint density at radius 2 is 1.68 bits per heavy atom. The molecule has 0 bridgehead atoms. The molecule has 3 heterocycles. The zero-order valence-corrected chi connectivity index (χ0v) is 21.7. The Labute approximate surface area is 219 Å². The van der Waals surface area contributed by atoms with Gasteiger partial charge in [0.1, 0.15) is 6.10 Å². The number of ether oxygens (including phenoxy) is 1. The molecule has 3 fully saturated rings. The van der Waals surface area contributed by atoms with Crippen molar-refractivity contribution >= 4 is 18.0 Å². The predicted octanol–water partition coefficient (Wildman–Crippen LogP) is 3.53. The number of cyclic esters (lactones) is 1. The summed E-state index contributed by atoms with van der Waals surface area (Å²) in [6.07, 6.45) is 5.54. The summed E-state index contributed by atoms with van der Waals surface area (Å²) in [4.78, 5) is 41.6. The summed E-state index contributed by atoms with van der Waals surface area (Å²) in [6, 6.07) is 10.6. The lowest BCUT2D eigenvalue weighted by Gasteiger charge is -2.38. The highest BCUT2D eigenvalue weighted by molar-refractivity contribution is 5.81. The van der Waals surface area contributed by atoms with Crippen LogP contribution >= 0.6 is 0 Å². The van der Waals surface area contributed by atoms with Crippen LogP contribution < -0.4 is 0 Å². The van der Waals surface area contributed by atoms with Gasteiger partial charge in [-0.2, -0.15) is 0 Å². The fraction of sp³-hybridized carbons (Fsp3) is 0.679. The molecule has 2 N–H and O–H groups in total. The van der Waals surface area contributed by atoms with Crippen molar-refractivity contribution in [3.8, 4) is 0 Å². The Kier molecular flexibility index (Phi) is 9.43. The van der Waals surface area contributed by atoms with Crippen molar-refractivity contribution in [3.05, 3.63) is 35.9 Å². The van der Waals surface area contributed by atoms with E-state index in [1.54, 1.807) is 4.90 Å². The fourth-order valence-corrected chi connectivity index (χ4v) is 6.07. The van der Waals surface area contributed by atoms with Crippen LogP contribution in [0.5, 0.6) is 0 Å². The first-order chi connectivity index (χ1) is 17.8. The first-order valence-electron chi connectivity index (χ1n) is 13.7. The second kappa shape index (κ2) is 12.7. The van der Waals surface area contributed by atoms with Crippen molar-refractivity contribution in [2.75, 3.05) is 45.8 Å². The predicted molar refractivity (Wildman–Crippen MR) is 138 cm³/mol. The second-order valence-corrected chi connectivity index (χ2v) is 11.1. The molecule has 1 aromatic carbocycles. The summed E-state index contributed by atoms with van der Waals surface area (Å²) in [6.45, 7) is 6.17. The second-order valence-electron chi connectivity index (χ2n) is 11.1. The van der Waals surface area contributed by atoms with E-state index in [2.05, 4.69) is 40.1 Å². The van der Waals surface area contributed by atoms with Crippen molar-refractivity contribution < 1.29 is 29.3 Å². The molecule has 0 aliphatic carbocycles. The molecule has 4 rings (SSSR count). The van der Waals surface area contributed by atoms with Gasteiger partial charge >= 0.3 is 18.0 Å². The van der Waals surface area contributed by atoms with E-state index < -0.39 is 17.4 Å². The zero-order chi connectivity index (χ0) is 26.3. The number of nitrogens with zero attached hydrogens (tertiary/aromatic N) is 3. The molecule has 1 amide bonds. The number of hydrogen-bond donors (Lipinski definition) is 2. The van der Waals surface area contributed by atoms with E-state index in [-0.39, 0.29) is 18.6 Å². The van der Waals surface area contributed by atoms with Gasteiger partial charge in [-0.05, 0) is 69.8 Å². The Bertz CT molecular complexity index is 910. The number of unbranched alkanes of at least 4 members (excludes halogenated alkanes) is 1. The summed E-state index contributed by atoms with van der Waals surface area (Å²) < 4.78 is 5.58. The monoisotopic (exact) mass is 515 g/mol. The quantitative estimate of drug-likeness (QED) is 0.407. The highest BCUT2D eigenvalue weighted by Crippen LogP contribution is 2.35. The van der Waals surface area contributed by atoms with Gasteiger partial charge in [-0.3, -0.25) is 19.4 Å². The highest BCUT2D eigenvalue weighted by atomic mass is 16.6. The zero-order valence-electron chi connectivity index (χ0n) is 21.7. The van der Waals surface area contributed by atoms with Crippen molar-refractivity contribution in [2.45, 2.75) is 64.0 Å². The molecule has 1 unspecified atom stereocenters. The van der Waals surface area contributed by atoms with Crippen molar-refractivity contribution in [1.82, 2.24) is 14.7 Å². The van der Waals surface area contributed by atoms with Gasteiger partial charge in [-0.15, -0.1) is 0 Å². The largest absolute Gasteiger partial charge is 0.481 e. The van der Waals surface area contributed by atoms with Crippen LogP contribution in [0.4, 0.5) is 4.79 Å². The Hall–Kier alpha value is -2.65. The lowest BCUT2D eigenvalue weighted by Crippen LogP contribution is -2.47. The number of carboxylic acid groups (broad SMARTS) is 2. The Balaban J connectivity index is 1.09. The van der Waals surface area contributed by atoms with Crippen LogP contribution in [0.15, 0.2) is 30.3 Å².